The monoisotopic (exact) mass is 441 g/mol. The number of hydrogen-bond donors (Lipinski definition) is 0. The predicted octanol–water partition coefficient (Wildman–Crippen LogP) is 3.64. The molecule has 0 saturated heterocycles. The lowest BCUT2D eigenvalue weighted by molar-refractivity contribution is 0.0785. The fourth-order valence-electron chi connectivity index (χ4n) is 3.60. The van der Waals surface area contributed by atoms with Crippen molar-refractivity contribution in [2.45, 2.75) is 13.1 Å². The van der Waals surface area contributed by atoms with Gasteiger partial charge in [0.15, 0.2) is 5.65 Å². The molecule has 0 N–H and O–H groups in total. The number of nitrogens with zero attached hydrogens (tertiary/aromatic N) is 5. The third kappa shape index (κ3) is 4.62. The van der Waals surface area contributed by atoms with E-state index in [2.05, 4.69) is 16.2 Å². The summed E-state index contributed by atoms with van der Waals surface area (Å²) in [6.07, 6.45) is 3.28. The van der Waals surface area contributed by atoms with Crippen LogP contribution in [0, 0.1) is 11.3 Å². The van der Waals surface area contributed by atoms with Gasteiger partial charge in [-0.15, -0.1) is 0 Å². The van der Waals surface area contributed by atoms with Gasteiger partial charge in [0, 0.05) is 36.8 Å². The second-order valence-electron chi connectivity index (χ2n) is 7.59. The quantitative estimate of drug-likeness (QED) is 0.435. The topological polar surface area (TPSA) is 93.3 Å². The molecule has 0 fully saturated rings. The molecule has 166 valence electrons. The highest BCUT2D eigenvalue weighted by atomic mass is 16.5. The molecule has 0 radical (unpaired) electrons. The predicted molar refractivity (Wildman–Crippen MR) is 123 cm³/mol. The molecule has 33 heavy (non-hydrogen) atoms. The standard InChI is InChI=1S/C25H23N5O3/c1-29(15-18-6-4-17(12-26)5-7-18)25(31)21-10-20-14-28-30(24(20)27-13-21)16-19-8-9-22(32-2)11-23(19)33-3/h4-11,13-14H,15-16H2,1-3H3. The summed E-state index contributed by atoms with van der Waals surface area (Å²) in [5.74, 6) is 1.28. The molecule has 0 aliphatic carbocycles. The number of methoxy groups -OCH3 is 2. The minimum Gasteiger partial charge on any atom is -0.497 e. The van der Waals surface area contributed by atoms with E-state index in [9.17, 15) is 4.79 Å². The molecule has 0 unspecified atom stereocenters. The number of amides is 1. The van der Waals surface area contributed by atoms with Gasteiger partial charge in [-0.3, -0.25) is 4.79 Å². The molecule has 2 aromatic heterocycles. The Kier molecular flexibility index (Phi) is 6.22. The summed E-state index contributed by atoms with van der Waals surface area (Å²) >= 11 is 0. The first-order valence-electron chi connectivity index (χ1n) is 10.3. The van der Waals surface area contributed by atoms with Crippen LogP contribution in [0.4, 0.5) is 0 Å². The number of ether oxygens (including phenoxy) is 2. The molecule has 0 bridgehead atoms. The van der Waals surface area contributed by atoms with Crippen molar-refractivity contribution in [3.63, 3.8) is 0 Å². The Labute approximate surface area is 191 Å². The summed E-state index contributed by atoms with van der Waals surface area (Å²) in [6, 6.07) is 16.7. The molecular formula is C25H23N5O3. The molecule has 0 aliphatic rings. The fraction of sp³-hybridized carbons (Fsp3) is 0.200. The van der Waals surface area contributed by atoms with E-state index in [1.165, 1.54) is 0 Å². The van der Waals surface area contributed by atoms with Crippen LogP contribution < -0.4 is 9.47 Å². The van der Waals surface area contributed by atoms with Gasteiger partial charge < -0.3 is 14.4 Å². The van der Waals surface area contributed by atoms with Crippen LogP contribution in [0.15, 0.2) is 60.9 Å². The molecule has 0 aliphatic heterocycles. The van der Waals surface area contributed by atoms with Crippen LogP contribution in [-0.4, -0.2) is 46.8 Å². The summed E-state index contributed by atoms with van der Waals surface area (Å²) in [7, 11) is 4.97. The number of carbonyl (C=O) groups is 1. The van der Waals surface area contributed by atoms with Crippen molar-refractivity contribution < 1.29 is 14.3 Å². The van der Waals surface area contributed by atoms with Crippen molar-refractivity contribution in [3.8, 4) is 17.6 Å². The van der Waals surface area contributed by atoms with Crippen LogP contribution in [0.3, 0.4) is 0 Å². The lowest BCUT2D eigenvalue weighted by Gasteiger charge is -2.17. The van der Waals surface area contributed by atoms with E-state index in [4.69, 9.17) is 14.7 Å². The van der Waals surface area contributed by atoms with Gasteiger partial charge in [-0.25, -0.2) is 9.67 Å². The van der Waals surface area contributed by atoms with Gasteiger partial charge in [-0.05, 0) is 35.9 Å². The minimum atomic E-state index is -0.140. The van der Waals surface area contributed by atoms with Gasteiger partial charge in [0.05, 0.1) is 44.2 Å². The van der Waals surface area contributed by atoms with Crippen LogP contribution in [0.1, 0.15) is 27.0 Å². The van der Waals surface area contributed by atoms with E-state index in [1.807, 2.05) is 30.3 Å². The van der Waals surface area contributed by atoms with Crippen molar-refractivity contribution in [1.82, 2.24) is 19.7 Å². The normalized spacial score (nSPS) is 10.6. The number of aromatic nitrogens is 3. The van der Waals surface area contributed by atoms with Crippen molar-refractivity contribution in [2.75, 3.05) is 21.3 Å². The zero-order valence-electron chi connectivity index (χ0n) is 18.6. The van der Waals surface area contributed by atoms with Crippen LogP contribution in [-0.2, 0) is 13.1 Å². The maximum absolute atomic E-state index is 12.9. The molecule has 8 heteroatoms. The Balaban J connectivity index is 1.52. The summed E-state index contributed by atoms with van der Waals surface area (Å²) < 4.78 is 12.5. The smallest absolute Gasteiger partial charge is 0.255 e. The number of rotatable bonds is 7. The maximum Gasteiger partial charge on any atom is 0.255 e. The van der Waals surface area contributed by atoms with E-state index in [-0.39, 0.29) is 5.91 Å². The first-order chi connectivity index (χ1) is 16.0. The first-order valence-corrected chi connectivity index (χ1v) is 10.3. The molecule has 0 saturated carbocycles. The molecular weight excluding hydrogens is 418 g/mol. The Morgan fingerprint density at radius 3 is 2.58 bits per heavy atom. The van der Waals surface area contributed by atoms with Crippen LogP contribution in [0.5, 0.6) is 11.5 Å². The van der Waals surface area contributed by atoms with E-state index >= 15 is 0 Å². The van der Waals surface area contributed by atoms with Crippen LogP contribution in [0.25, 0.3) is 11.0 Å². The number of hydrogen-bond acceptors (Lipinski definition) is 6. The number of benzene rings is 2. The number of fused-ring (bicyclic) bond motifs is 1. The first kappa shape index (κ1) is 21.8. The molecule has 8 nitrogen and oxygen atoms in total. The third-order valence-corrected chi connectivity index (χ3v) is 5.39. The Hall–Kier alpha value is -4.38. The Bertz CT molecular complexity index is 1340. The summed E-state index contributed by atoms with van der Waals surface area (Å²) in [6.45, 7) is 0.897. The van der Waals surface area contributed by atoms with Crippen molar-refractivity contribution in [3.05, 3.63) is 83.2 Å². The summed E-state index contributed by atoms with van der Waals surface area (Å²) in [5, 5.41) is 14.2. The molecule has 2 heterocycles. The number of pyridine rings is 1. The lowest BCUT2D eigenvalue weighted by Crippen LogP contribution is -2.26. The SMILES string of the molecule is COc1ccc(Cn2ncc3cc(C(=O)N(C)Cc4ccc(C#N)cc4)cnc32)c(OC)c1. The maximum atomic E-state index is 12.9. The zero-order valence-corrected chi connectivity index (χ0v) is 18.6. The average Bonchev–Trinajstić information content (AvgIpc) is 3.26. The van der Waals surface area contributed by atoms with Gasteiger partial charge >= 0.3 is 0 Å². The molecule has 2 aromatic carbocycles. The highest BCUT2D eigenvalue weighted by Gasteiger charge is 2.16. The summed E-state index contributed by atoms with van der Waals surface area (Å²) in [4.78, 5) is 19.1. The van der Waals surface area contributed by atoms with Crippen molar-refractivity contribution >= 4 is 16.9 Å². The van der Waals surface area contributed by atoms with Gasteiger partial charge in [0.25, 0.3) is 5.91 Å². The van der Waals surface area contributed by atoms with Crippen molar-refractivity contribution in [2.24, 2.45) is 0 Å². The molecule has 0 spiro atoms. The average molecular weight is 441 g/mol. The minimum absolute atomic E-state index is 0.140. The van der Waals surface area contributed by atoms with E-state index in [1.54, 1.807) is 61.4 Å². The summed E-state index contributed by atoms with van der Waals surface area (Å²) in [5.41, 5.74) is 3.64. The molecule has 4 rings (SSSR count). The molecule has 1 amide bonds. The van der Waals surface area contributed by atoms with E-state index in [0.29, 0.717) is 41.4 Å². The van der Waals surface area contributed by atoms with Gasteiger partial charge in [0.1, 0.15) is 11.5 Å². The van der Waals surface area contributed by atoms with Gasteiger partial charge in [-0.2, -0.15) is 10.4 Å². The molecule has 0 atom stereocenters. The highest BCUT2D eigenvalue weighted by molar-refractivity contribution is 5.96. The van der Waals surface area contributed by atoms with Crippen molar-refractivity contribution in [1.29, 1.82) is 5.26 Å². The van der Waals surface area contributed by atoms with E-state index in [0.717, 1.165) is 16.5 Å². The number of nitriles is 1. The Morgan fingerprint density at radius 1 is 1.09 bits per heavy atom. The number of carbonyl (C=O) groups excluding carboxylic acids is 1. The largest absolute Gasteiger partial charge is 0.497 e. The molecule has 4 aromatic rings. The highest BCUT2D eigenvalue weighted by Crippen LogP contribution is 2.26. The lowest BCUT2D eigenvalue weighted by atomic mass is 10.1. The van der Waals surface area contributed by atoms with E-state index < -0.39 is 0 Å². The zero-order chi connectivity index (χ0) is 23.4. The van der Waals surface area contributed by atoms with Gasteiger partial charge in [0.2, 0.25) is 0 Å². The second kappa shape index (κ2) is 9.40. The van der Waals surface area contributed by atoms with Crippen LogP contribution >= 0.6 is 0 Å². The second-order valence-corrected chi connectivity index (χ2v) is 7.59. The van der Waals surface area contributed by atoms with Gasteiger partial charge in [-0.1, -0.05) is 12.1 Å². The fourth-order valence-corrected chi connectivity index (χ4v) is 3.60. The third-order valence-electron chi connectivity index (χ3n) is 5.39. The Morgan fingerprint density at radius 2 is 1.88 bits per heavy atom. The van der Waals surface area contributed by atoms with Crippen LogP contribution in [0.2, 0.25) is 0 Å².